The molecule has 1 aliphatic carbocycles. The van der Waals surface area contributed by atoms with Crippen molar-refractivity contribution in [3.05, 3.63) is 29.6 Å². The van der Waals surface area contributed by atoms with Crippen molar-refractivity contribution in [1.29, 1.82) is 0 Å². The zero-order chi connectivity index (χ0) is 19.0. The van der Waals surface area contributed by atoms with Crippen LogP contribution in [0.15, 0.2) is 18.2 Å². The van der Waals surface area contributed by atoms with Crippen LogP contribution in [-0.4, -0.2) is 56.4 Å². The predicted molar refractivity (Wildman–Crippen MR) is 107 cm³/mol. The van der Waals surface area contributed by atoms with E-state index in [-0.39, 0.29) is 11.9 Å². The molecule has 1 N–H and O–H groups in total. The maximum absolute atomic E-state index is 14.0. The van der Waals surface area contributed by atoms with Crippen molar-refractivity contribution in [2.45, 2.75) is 63.0 Å². The summed E-state index contributed by atoms with van der Waals surface area (Å²) in [5.74, 6) is 1.15. The van der Waals surface area contributed by atoms with Crippen molar-refractivity contribution >= 4 is 0 Å². The van der Waals surface area contributed by atoms with Crippen molar-refractivity contribution in [3.63, 3.8) is 0 Å². The van der Waals surface area contributed by atoms with Gasteiger partial charge in [0.1, 0.15) is 17.7 Å². The van der Waals surface area contributed by atoms with Gasteiger partial charge in [0.25, 0.3) is 0 Å². The molecule has 28 heavy (non-hydrogen) atoms. The van der Waals surface area contributed by atoms with Crippen LogP contribution < -0.4 is 10.1 Å². The first-order valence-corrected chi connectivity index (χ1v) is 11.2. The molecule has 1 aromatic carbocycles. The van der Waals surface area contributed by atoms with Gasteiger partial charge in [-0.15, -0.1) is 0 Å². The average molecular weight is 389 g/mol. The van der Waals surface area contributed by atoms with Crippen molar-refractivity contribution < 1.29 is 13.9 Å². The van der Waals surface area contributed by atoms with Gasteiger partial charge in [-0.25, -0.2) is 4.39 Å². The Kier molecular flexibility index (Phi) is 5.33. The fraction of sp³-hybridized carbons (Fsp3) is 0.739. The van der Waals surface area contributed by atoms with E-state index < -0.39 is 0 Å². The van der Waals surface area contributed by atoms with E-state index in [0.29, 0.717) is 11.3 Å². The Balaban J connectivity index is 1.22. The third-order valence-corrected chi connectivity index (χ3v) is 7.60. The molecule has 0 radical (unpaired) electrons. The van der Waals surface area contributed by atoms with Crippen molar-refractivity contribution in [1.82, 2.24) is 10.2 Å². The maximum atomic E-state index is 14.0. The number of nitrogens with zero attached hydrogens (tertiary/aromatic N) is 1. The second-order valence-electron chi connectivity index (χ2n) is 9.42. The zero-order valence-electron chi connectivity index (χ0n) is 16.8. The molecule has 5 heteroatoms. The molecule has 3 saturated heterocycles. The van der Waals surface area contributed by atoms with Crippen LogP contribution in [0.2, 0.25) is 0 Å². The highest BCUT2D eigenvalue weighted by molar-refractivity contribution is 5.37. The minimum absolute atomic E-state index is 0.146. The van der Waals surface area contributed by atoms with E-state index in [2.05, 4.69) is 10.2 Å². The Hall–Kier alpha value is -1.17. The Morgan fingerprint density at radius 3 is 2.54 bits per heavy atom. The lowest BCUT2D eigenvalue weighted by Gasteiger charge is -2.41. The number of hydrogen-bond acceptors (Lipinski definition) is 4. The van der Waals surface area contributed by atoms with Gasteiger partial charge in [-0.1, -0.05) is 0 Å². The highest BCUT2D eigenvalue weighted by atomic mass is 19.1. The summed E-state index contributed by atoms with van der Waals surface area (Å²) in [7, 11) is 0. The summed E-state index contributed by atoms with van der Waals surface area (Å²) in [6.07, 6.45) is 8.36. The second-order valence-corrected chi connectivity index (χ2v) is 9.42. The smallest absolute Gasteiger partial charge is 0.123 e. The Morgan fingerprint density at radius 2 is 1.86 bits per heavy atom. The van der Waals surface area contributed by atoms with Crippen LogP contribution in [0.3, 0.4) is 0 Å². The normalized spacial score (nSPS) is 29.1. The standard InChI is InChI=1S/C23H33FN2O2/c24-18-1-2-22(28-20-6-11-27-12-7-20)21(13-18)17-4-9-26(10-5-17)19-3-8-23(14-19)15-25-16-23/h1-2,13,17,19-20,25H,3-12,14-16H2. The van der Waals surface area contributed by atoms with Gasteiger partial charge < -0.3 is 19.7 Å². The van der Waals surface area contributed by atoms with Gasteiger partial charge in [0.2, 0.25) is 0 Å². The van der Waals surface area contributed by atoms with E-state index in [9.17, 15) is 4.39 Å². The lowest BCUT2D eigenvalue weighted by Crippen LogP contribution is -2.52. The number of ether oxygens (including phenoxy) is 2. The van der Waals surface area contributed by atoms with Crippen LogP contribution in [0, 0.1) is 11.2 Å². The molecule has 0 amide bonds. The van der Waals surface area contributed by atoms with Gasteiger partial charge in [0, 0.05) is 37.5 Å². The number of rotatable bonds is 4. The predicted octanol–water partition coefficient (Wildman–Crippen LogP) is 3.71. The molecule has 4 fully saturated rings. The van der Waals surface area contributed by atoms with Crippen LogP contribution in [0.5, 0.6) is 5.75 Å². The van der Waals surface area contributed by atoms with Crippen molar-refractivity contribution in [2.75, 3.05) is 39.4 Å². The van der Waals surface area contributed by atoms with Crippen LogP contribution in [-0.2, 0) is 4.74 Å². The first-order valence-electron chi connectivity index (χ1n) is 11.2. The van der Waals surface area contributed by atoms with Crippen LogP contribution in [0.1, 0.15) is 56.4 Å². The van der Waals surface area contributed by atoms with Crippen LogP contribution in [0.25, 0.3) is 0 Å². The molecule has 3 heterocycles. The van der Waals surface area contributed by atoms with Gasteiger partial charge in [0.05, 0.1) is 13.2 Å². The number of nitrogens with one attached hydrogen (secondary N) is 1. The molecule has 1 saturated carbocycles. The number of likely N-dealkylation sites (tertiary alicyclic amines) is 1. The van der Waals surface area contributed by atoms with E-state index in [1.807, 2.05) is 6.07 Å². The zero-order valence-corrected chi connectivity index (χ0v) is 16.8. The van der Waals surface area contributed by atoms with Gasteiger partial charge in [-0.3, -0.25) is 0 Å². The fourth-order valence-corrected chi connectivity index (χ4v) is 5.78. The Morgan fingerprint density at radius 1 is 1.07 bits per heavy atom. The average Bonchev–Trinajstić information content (AvgIpc) is 3.17. The molecule has 1 atom stereocenters. The summed E-state index contributed by atoms with van der Waals surface area (Å²) in [6.45, 7) is 6.22. The number of piperidine rings is 1. The Labute approximate surface area is 167 Å². The first kappa shape index (κ1) is 18.8. The lowest BCUT2D eigenvalue weighted by atomic mass is 9.80. The molecule has 1 unspecified atom stereocenters. The molecule has 4 nitrogen and oxygen atoms in total. The minimum Gasteiger partial charge on any atom is -0.490 e. The monoisotopic (exact) mass is 388 g/mol. The largest absolute Gasteiger partial charge is 0.490 e. The molecule has 0 aromatic heterocycles. The molecule has 0 bridgehead atoms. The summed E-state index contributed by atoms with van der Waals surface area (Å²) < 4.78 is 25.8. The fourth-order valence-electron chi connectivity index (χ4n) is 5.78. The number of hydrogen-bond donors (Lipinski definition) is 1. The summed E-state index contributed by atoms with van der Waals surface area (Å²) in [5, 5.41) is 3.47. The highest BCUT2D eigenvalue weighted by Crippen LogP contribution is 2.45. The lowest BCUT2D eigenvalue weighted by molar-refractivity contribution is 0.0248. The third kappa shape index (κ3) is 3.81. The molecule has 3 aliphatic heterocycles. The molecular formula is C23H33FN2O2. The van der Waals surface area contributed by atoms with E-state index in [4.69, 9.17) is 9.47 Å². The summed E-state index contributed by atoms with van der Waals surface area (Å²) in [4.78, 5) is 2.71. The summed E-state index contributed by atoms with van der Waals surface area (Å²) in [5.41, 5.74) is 1.69. The minimum atomic E-state index is -0.146. The van der Waals surface area contributed by atoms with E-state index in [0.717, 1.165) is 69.3 Å². The quantitative estimate of drug-likeness (QED) is 0.853. The highest BCUT2D eigenvalue weighted by Gasteiger charge is 2.45. The van der Waals surface area contributed by atoms with Crippen molar-refractivity contribution in [3.8, 4) is 5.75 Å². The van der Waals surface area contributed by atoms with Crippen molar-refractivity contribution in [2.24, 2.45) is 5.41 Å². The summed E-state index contributed by atoms with van der Waals surface area (Å²) in [6, 6.07) is 5.86. The van der Waals surface area contributed by atoms with Gasteiger partial charge in [-0.05, 0) is 74.7 Å². The number of benzene rings is 1. The van der Waals surface area contributed by atoms with Gasteiger partial charge >= 0.3 is 0 Å². The van der Waals surface area contributed by atoms with Crippen LogP contribution >= 0.6 is 0 Å². The SMILES string of the molecule is Fc1ccc(OC2CCOCC2)c(C2CCN(C3CCC4(CNC4)C3)CC2)c1. The molecule has 154 valence electrons. The van der Waals surface area contributed by atoms with E-state index >= 15 is 0 Å². The molecule has 5 rings (SSSR count). The van der Waals surface area contributed by atoms with Gasteiger partial charge in [0.15, 0.2) is 0 Å². The number of halogens is 1. The third-order valence-electron chi connectivity index (χ3n) is 7.60. The van der Waals surface area contributed by atoms with E-state index in [1.54, 1.807) is 6.07 Å². The van der Waals surface area contributed by atoms with Crippen LogP contribution in [0.4, 0.5) is 4.39 Å². The molecule has 1 aromatic rings. The molecule has 1 spiro atoms. The maximum Gasteiger partial charge on any atom is 0.123 e. The van der Waals surface area contributed by atoms with E-state index in [1.165, 1.54) is 38.4 Å². The molecular weight excluding hydrogens is 355 g/mol. The molecule has 4 aliphatic rings. The first-order chi connectivity index (χ1) is 13.7. The summed E-state index contributed by atoms with van der Waals surface area (Å²) >= 11 is 0. The topological polar surface area (TPSA) is 33.7 Å². The second kappa shape index (κ2) is 7.92. The van der Waals surface area contributed by atoms with Gasteiger partial charge in [-0.2, -0.15) is 0 Å². The Bertz CT molecular complexity index is 679.